The second-order valence-corrected chi connectivity index (χ2v) is 10.9. The molecule has 1 amide bonds. The van der Waals surface area contributed by atoms with Gasteiger partial charge in [-0.3, -0.25) is 9.59 Å². The zero-order valence-corrected chi connectivity index (χ0v) is 21.8. The fourth-order valence-corrected chi connectivity index (χ4v) is 6.30. The number of rotatable bonds is 9. The number of aryl methyl sites for hydroxylation is 3. The normalized spacial score (nSPS) is 20.3. The number of carbonyl (C=O) groups excluding carboxylic acids is 1. The van der Waals surface area contributed by atoms with Gasteiger partial charge >= 0.3 is 5.97 Å². The average Bonchev–Trinajstić information content (AvgIpc) is 2.92. The Bertz CT molecular complexity index is 1120. The van der Waals surface area contributed by atoms with Gasteiger partial charge in [0.25, 0.3) is 0 Å². The summed E-state index contributed by atoms with van der Waals surface area (Å²) in [6.45, 7) is 3.69. The van der Waals surface area contributed by atoms with Gasteiger partial charge in [-0.1, -0.05) is 24.3 Å². The molecular formula is C30H40N4O3. The van der Waals surface area contributed by atoms with Gasteiger partial charge in [0.15, 0.2) is 0 Å². The van der Waals surface area contributed by atoms with E-state index in [1.165, 1.54) is 29.5 Å². The Morgan fingerprint density at radius 3 is 2.84 bits per heavy atom. The second-order valence-electron chi connectivity index (χ2n) is 10.9. The molecule has 3 N–H and O–H groups in total. The Morgan fingerprint density at radius 1 is 1.08 bits per heavy atom. The lowest BCUT2D eigenvalue weighted by atomic mass is 9.85. The van der Waals surface area contributed by atoms with Crippen LogP contribution < -0.4 is 10.6 Å². The molecule has 0 radical (unpaired) electrons. The topological polar surface area (TPSA) is 94.6 Å². The van der Waals surface area contributed by atoms with Gasteiger partial charge in [-0.25, -0.2) is 4.98 Å². The second kappa shape index (κ2) is 12.1. The van der Waals surface area contributed by atoms with Crippen molar-refractivity contribution in [2.24, 2.45) is 5.92 Å². The van der Waals surface area contributed by atoms with Crippen LogP contribution in [0.25, 0.3) is 0 Å². The first-order valence-corrected chi connectivity index (χ1v) is 14.1. The summed E-state index contributed by atoms with van der Waals surface area (Å²) >= 11 is 0. The molecule has 0 spiro atoms. The molecular weight excluding hydrogens is 464 g/mol. The fraction of sp³-hybridized carbons (Fsp3) is 0.567. The Labute approximate surface area is 220 Å². The molecule has 2 aliphatic heterocycles. The number of hydrogen-bond donors (Lipinski definition) is 3. The molecule has 1 unspecified atom stereocenters. The van der Waals surface area contributed by atoms with Crippen LogP contribution in [0.4, 0.5) is 5.82 Å². The van der Waals surface area contributed by atoms with Gasteiger partial charge < -0.3 is 20.6 Å². The summed E-state index contributed by atoms with van der Waals surface area (Å²) in [5.41, 5.74) is 5.99. The molecule has 5 rings (SSSR count). The number of aromatic nitrogens is 1. The van der Waals surface area contributed by atoms with Crippen LogP contribution in [0.5, 0.6) is 0 Å². The molecule has 3 aliphatic rings. The quantitative estimate of drug-likeness (QED) is 0.472. The third-order valence-corrected chi connectivity index (χ3v) is 8.24. The van der Waals surface area contributed by atoms with Crippen molar-refractivity contribution in [2.75, 3.05) is 31.5 Å². The van der Waals surface area contributed by atoms with E-state index in [9.17, 15) is 14.7 Å². The van der Waals surface area contributed by atoms with Crippen molar-refractivity contribution in [2.45, 2.75) is 76.7 Å². The van der Waals surface area contributed by atoms with Crippen LogP contribution in [-0.2, 0) is 35.3 Å². The highest BCUT2D eigenvalue weighted by atomic mass is 16.4. The molecule has 0 saturated carbocycles. The predicted molar refractivity (Wildman–Crippen MR) is 145 cm³/mol. The largest absolute Gasteiger partial charge is 0.481 e. The van der Waals surface area contributed by atoms with Gasteiger partial charge in [0.2, 0.25) is 5.91 Å². The minimum absolute atomic E-state index is 0.00760. The number of amides is 1. The number of anilines is 1. The Balaban J connectivity index is 1.17. The van der Waals surface area contributed by atoms with Gasteiger partial charge in [-0.2, -0.15) is 0 Å². The highest BCUT2D eigenvalue weighted by Crippen LogP contribution is 2.30. The molecule has 2 atom stereocenters. The fourth-order valence-electron chi connectivity index (χ4n) is 6.30. The smallest absolute Gasteiger partial charge is 0.305 e. The van der Waals surface area contributed by atoms with E-state index >= 15 is 0 Å². The molecule has 198 valence electrons. The molecule has 3 heterocycles. The van der Waals surface area contributed by atoms with E-state index in [0.717, 1.165) is 94.6 Å². The van der Waals surface area contributed by atoms with Crippen molar-refractivity contribution in [3.8, 4) is 0 Å². The summed E-state index contributed by atoms with van der Waals surface area (Å²) in [4.78, 5) is 32.3. The van der Waals surface area contributed by atoms with Gasteiger partial charge in [0.1, 0.15) is 5.82 Å². The zero-order valence-electron chi connectivity index (χ0n) is 21.8. The van der Waals surface area contributed by atoms with Crippen molar-refractivity contribution in [1.82, 2.24) is 15.2 Å². The standard InChI is InChI=1S/C30H40N4O3/c35-28(36)19-27(26-13-3-8-21-7-1-2-12-25(21)26)33-30(37)23-10-5-17-34(20-23)18-6-11-24-15-14-22-9-4-16-31-29(22)32-24/h3,8,13-15,23,27H,1-2,4-7,9-12,16-20H2,(H,31,32)(H,33,37)(H,35,36)/t23-,27?/m1/s1. The summed E-state index contributed by atoms with van der Waals surface area (Å²) < 4.78 is 0. The minimum Gasteiger partial charge on any atom is -0.481 e. The van der Waals surface area contributed by atoms with E-state index in [-0.39, 0.29) is 18.2 Å². The molecule has 2 aromatic rings. The van der Waals surface area contributed by atoms with E-state index in [1.54, 1.807) is 0 Å². The summed E-state index contributed by atoms with van der Waals surface area (Å²) in [6.07, 6.45) is 10.3. The highest BCUT2D eigenvalue weighted by molar-refractivity contribution is 5.80. The number of carboxylic acids is 1. The summed E-state index contributed by atoms with van der Waals surface area (Å²) in [7, 11) is 0. The van der Waals surface area contributed by atoms with Crippen molar-refractivity contribution >= 4 is 17.7 Å². The lowest BCUT2D eigenvalue weighted by molar-refractivity contribution is -0.138. The van der Waals surface area contributed by atoms with E-state index in [2.05, 4.69) is 33.7 Å². The predicted octanol–water partition coefficient (Wildman–Crippen LogP) is 4.30. The summed E-state index contributed by atoms with van der Waals surface area (Å²) in [5.74, 6) is 0.0615. The van der Waals surface area contributed by atoms with Gasteiger partial charge in [-0.05, 0) is 106 Å². The first kappa shape index (κ1) is 25.7. The third kappa shape index (κ3) is 6.50. The third-order valence-electron chi connectivity index (χ3n) is 8.24. The van der Waals surface area contributed by atoms with Crippen molar-refractivity contribution in [3.05, 3.63) is 58.3 Å². The number of pyridine rings is 1. The number of benzene rings is 1. The van der Waals surface area contributed by atoms with E-state index in [0.29, 0.717) is 0 Å². The number of carbonyl (C=O) groups is 2. The van der Waals surface area contributed by atoms with Crippen LogP contribution in [0.15, 0.2) is 30.3 Å². The molecule has 7 heteroatoms. The molecule has 0 bridgehead atoms. The average molecular weight is 505 g/mol. The van der Waals surface area contributed by atoms with E-state index in [4.69, 9.17) is 4.98 Å². The number of nitrogens with one attached hydrogen (secondary N) is 2. The van der Waals surface area contributed by atoms with Crippen LogP contribution in [0, 0.1) is 5.92 Å². The monoisotopic (exact) mass is 504 g/mol. The van der Waals surface area contributed by atoms with Gasteiger partial charge in [0.05, 0.1) is 18.4 Å². The number of aliphatic carboxylic acids is 1. The van der Waals surface area contributed by atoms with E-state index < -0.39 is 12.0 Å². The maximum absolute atomic E-state index is 13.4. The van der Waals surface area contributed by atoms with Gasteiger partial charge in [-0.15, -0.1) is 0 Å². The van der Waals surface area contributed by atoms with Gasteiger partial charge in [0, 0.05) is 18.8 Å². The molecule has 1 fully saturated rings. The van der Waals surface area contributed by atoms with Crippen LogP contribution in [0.1, 0.15) is 78.9 Å². The van der Waals surface area contributed by atoms with Crippen molar-refractivity contribution < 1.29 is 14.7 Å². The van der Waals surface area contributed by atoms with Crippen LogP contribution in [0.3, 0.4) is 0 Å². The molecule has 1 aromatic carbocycles. The number of fused-ring (bicyclic) bond motifs is 2. The van der Waals surface area contributed by atoms with Crippen LogP contribution in [-0.4, -0.2) is 53.0 Å². The zero-order chi connectivity index (χ0) is 25.6. The molecule has 1 aromatic heterocycles. The first-order valence-electron chi connectivity index (χ1n) is 14.1. The minimum atomic E-state index is -0.880. The lowest BCUT2D eigenvalue weighted by Crippen LogP contribution is -2.44. The SMILES string of the molecule is O=C(O)CC(NC(=O)[C@@H]1CCCN(CCCc2ccc3c(n2)NCCC3)C1)c1cccc2c1CCCC2. The molecule has 37 heavy (non-hydrogen) atoms. The van der Waals surface area contributed by atoms with Crippen molar-refractivity contribution in [3.63, 3.8) is 0 Å². The summed E-state index contributed by atoms with van der Waals surface area (Å²) in [5, 5.41) is 16.2. The maximum atomic E-state index is 13.4. The van der Waals surface area contributed by atoms with Crippen molar-refractivity contribution in [1.29, 1.82) is 0 Å². The maximum Gasteiger partial charge on any atom is 0.305 e. The Morgan fingerprint density at radius 2 is 1.95 bits per heavy atom. The number of likely N-dealkylation sites (tertiary alicyclic amines) is 1. The Kier molecular flexibility index (Phi) is 8.39. The summed E-state index contributed by atoms with van der Waals surface area (Å²) in [6, 6.07) is 10.1. The van der Waals surface area contributed by atoms with Crippen LogP contribution in [0.2, 0.25) is 0 Å². The molecule has 1 saturated heterocycles. The number of nitrogens with zero attached hydrogens (tertiary/aromatic N) is 2. The van der Waals surface area contributed by atoms with Crippen LogP contribution >= 0.6 is 0 Å². The molecule has 7 nitrogen and oxygen atoms in total. The number of piperidine rings is 1. The highest BCUT2D eigenvalue weighted by Gasteiger charge is 2.29. The number of hydrogen-bond acceptors (Lipinski definition) is 5. The Hall–Kier alpha value is -2.93. The van der Waals surface area contributed by atoms with E-state index in [1.807, 2.05) is 12.1 Å². The number of carboxylic acid groups (broad SMARTS) is 1. The lowest BCUT2D eigenvalue weighted by Gasteiger charge is -2.33. The molecule has 1 aliphatic carbocycles. The first-order chi connectivity index (χ1) is 18.1.